The van der Waals surface area contributed by atoms with Crippen LogP contribution in [-0.2, 0) is 10.0 Å². The van der Waals surface area contributed by atoms with Crippen LogP contribution in [-0.4, -0.2) is 57.2 Å². The van der Waals surface area contributed by atoms with Crippen molar-refractivity contribution in [2.45, 2.75) is 52.5 Å². The third-order valence-corrected chi connectivity index (χ3v) is 6.28. The molecule has 0 aromatic rings. The van der Waals surface area contributed by atoms with Crippen LogP contribution in [0.5, 0.6) is 0 Å². The second-order valence-electron chi connectivity index (χ2n) is 6.01. The minimum Gasteiger partial charge on any atom is -0.355 e. The zero-order valence-corrected chi connectivity index (χ0v) is 18.0. The van der Waals surface area contributed by atoms with Gasteiger partial charge in [-0.05, 0) is 18.8 Å². The summed E-state index contributed by atoms with van der Waals surface area (Å²) in [7, 11) is -1.46. The molecule has 0 heterocycles. The summed E-state index contributed by atoms with van der Waals surface area (Å²) < 4.78 is 25.7. The Bertz CT molecular complexity index is 452. The standard InChI is InChI=1S/C15H32N4O2S.HI/c1-5-19(6-2)22(20,21)11-10-17-15(16-4)18-14-9-7-8-13(3)12-14;/h13-14H,5-12H2,1-4H3,(H2,16,17,18);1H. The maximum atomic E-state index is 12.1. The van der Waals surface area contributed by atoms with Gasteiger partial charge in [-0.25, -0.2) is 12.7 Å². The molecule has 0 aromatic heterocycles. The Morgan fingerprint density at radius 2 is 1.91 bits per heavy atom. The van der Waals surface area contributed by atoms with Gasteiger partial charge in [-0.3, -0.25) is 4.99 Å². The summed E-state index contributed by atoms with van der Waals surface area (Å²) in [4.78, 5) is 4.20. The zero-order chi connectivity index (χ0) is 16.6. The minimum atomic E-state index is -3.18. The molecule has 8 heteroatoms. The lowest BCUT2D eigenvalue weighted by molar-refractivity contribution is 0.324. The zero-order valence-electron chi connectivity index (χ0n) is 14.8. The molecular weight excluding hydrogens is 427 g/mol. The van der Waals surface area contributed by atoms with E-state index in [1.807, 2.05) is 13.8 Å². The van der Waals surface area contributed by atoms with Gasteiger partial charge in [-0.15, -0.1) is 24.0 Å². The lowest BCUT2D eigenvalue weighted by atomic mass is 9.87. The van der Waals surface area contributed by atoms with Crippen molar-refractivity contribution < 1.29 is 8.42 Å². The van der Waals surface area contributed by atoms with Crippen molar-refractivity contribution in [3.63, 3.8) is 0 Å². The number of rotatable bonds is 7. The normalized spacial score (nSPS) is 22.6. The number of sulfonamides is 1. The average molecular weight is 460 g/mol. The number of hydrogen-bond donors (Lipinski definition) is 2. The lowest BCUT2D eigenvalue weighted by Gasteiger charge is -2.29. The first-order valence-corrected chi connectivity index (χ1v) is 9.98. The fraction of sp³-hybridized carbons (Fsp3) is 0.933. The van der Waals surface area contributed by atoms with E-state index in [4.69, 9.17) is 0 Å². The first-order valence-electron chi connectivity index (χ1n) is 8.37. The molecule has 0 saturated heterocycles. The SMILES string of the molecule is CCN(CC)S(=O)(=O)CCNC(=NC)NC1CCCC(C)C1.I. The van der Waals surface area contributed by atoms with E-state index < -0.39 is 10.0 Å². The van der Waals surface area contributed by atoms with Gasteiger partial charge in [0, 0.05) is 32.7 Å². The highest BCUT2D eigenvalue weighted by atomic mass is 127. The van der Waals surface area contributed by atoms with E-state index in [0.29, 0.717) is 31.6 Å². The van der Waals surface area contributed by atoms with E-state index in [-0.39, 0.29) is 29.7 Å². The third-order valence-electron chi connectivity index (χ3n) is 4.25. The van der Waals surface area contributed by atoms with Crippen LogP contribution in [0, 0.1) is 5.92 Å². The average Bonchev–Trinajstić information content (AvgIpc) is 2.47. The molecule has 1 rings (SSSR count). The number of halogens is 1. The molecule has 0 radical (unpaired) electrons. The molecule has 1 aliphatic carbocycles. The van der Waals surface area contributed by atoms with Gasteiger partial charge in [-0.1, -0.05) is 33.6 Å². The highest BCUT2D eigenvalue weighted by Gasteiger charge is 2.21. The first kappa shape index (κ1) is 22.9. The Morgan fingerprint density at radius 1 is 1.26 bits per heavy atom. The summed E-state index contributed by atoms with van der Waals surface area (Å²) in [6.45, 7) is 7.41. The minimum absolute atomic E-state index is 0. The van der Waals surface area contributed by atoms with E-state index in [1.54, 1.807) is 7.05 Å². The van der Waals surface area contributed by atoms with Crippen LogP contribution in [0.3, 0.4) is 0 Å². The summed E-state index contributed by atoms with van der Waals surface area (Å²) in [6, 6.07) is 0.439. The van der Waals surface area contributed by atoms with Crippen molar-refractivity contribution in [3.8, 4) is 0 Å². The van der Waals surface area contributed by atoms with E-state index in [2.05, 4.69) is 22.5 Å². The van der Waals surface area contributed by atoms with Crippen LogP contribution in [0.25, 0.3) is 0 Å². The van der Waals surface area contributed by atoms with Gasteiger partial charge in [0.25, 0.3) is 0 Å². The molecule has 2 atom stereocenters. The Balaban J connectivity index is 0.00000484. The summed E-state index contributed by atoms with van der Waals surface area (Å²) >= 11 is 0. The van der Waals surface area contributed by atoms with Gasteiger partial charge in [-0.2, -0.15) is 0 Å². The van der Waals surface area contributed by atoms with Gasteiger partial charge in [0.1, 0.15) is 0 Å². The van der Waals surface area contributed by atoms with Crippen LogP contribution in [0.1, 0.15) is 46.5 Å². The van der Waals surface area contributed by atoms with Crippen LogP contribution < -0.4 is 10.6 Å². The topological polar surface area (TPSA) is 73.8 Å². The highest BCUT2D eigenvalue weighted by Crippen LogP contribution is 2.23. The summed E-state index contributed by atoms with van der Waals surface area (Å²) in [5.74, 6) is 1.54. The van der Waals surface area contributed by atoms with Gasteiger partial charge in [0.05, 0.1) is 5.75 Å². The molecule has 6 nitrogen and oxygen atoms in total. The van der Waals surface area contributed by atoms with E-state index in [9.17, 15) is 8.42 Å². The van der Waals surface area contributed by atoms with E-state index in [0.717, 1.165) is 18.8 Å². The van der Waals surface area contributed by atoms with E-state index in [1.165, 1.54) is 17.1 Å². The number of nitrogens with one attached hydrogen (secondary N) is 2. The van der Waals surface area contributed by atoms with Crippen molar-refractivity contribution >= 4 is 40.0 Å². The molecule has 0 aliphatic heterocycles. The van der Waals surface area contributed by atoms with Crippen molar-refractivity contribution in [1.82, 2.24) is 14.9 Å². The Morgan fingerprint density at radius 3 is 2.43 bits per heavy atom. The van der Waals surface area contributed by atoms with Gasteiger partial charge < -0.3 is 10.6 Å². The summed E-state index contributed by atoms with van der Waals surface area (Å²) in [5.41, 5.74) is 0. The third kappa shape index (κ3) is 8.02. The lowest BCUT2D eigenvalue weighted by Crippen LogP contribution is -2.47. The van der Waals surface area contributed by atoms with Crippen molar-refractivity contribution in [2.75, 3.05) is 32.4 Å². The largest absolute Gasteiger partial charge is 0.355 e. The number of aliphatic imine (C=N–C) groups is 1. The molecule has 2 N–H and O–H groups in total. The Hall–Kier alpha value is -0.0900. The predicted molar refractivity (Wildman–Crippen MR) is 108 cm³/mol. The Kier molecular flexibility index (Phi) is 11.4. The number of hydrogen-bond acceptors (Lipinski definition) is 3. The highest BCUT2D eigenvalue weighted by molar-refractivity contribution is 14.0. The quantitative estimate of drug-likeness (QED) is 0.347. The maximum absolute atomic E-state index is 12.1. The molecular formula is C15H33IN4O2S. The molecule has 1 saturated carbocycles. The molecule has 0 bridgehead atoms. The molecule has 1 aliphatic rings. The molecule has 0 amide bonds. The number of nitrogens with zero attached hydrogens (tertiary/aromatic N) is 2. The smallest absolute Gasteiger partial charge is 0.215 e. The second-order valence-corrected chi connectivity index (χ2v) is 8.10. The molecule has 0 aromatic carbocycles. The van der Waals surface area contributed by atoms with E-state index >= 15 is 0 Å². The summed E-state index contributed by atoms with van der Waals surface area (Å²) in [5, 5.41) is 6.53. The maximum Gasteiger partial charge on any atom is 0.215 e. The fourth-order valence-electron chi connectivity index (χ4n) is 3.00. The molecule has 138 valence electrons. The van der Waals surface area contributed by atoms with Crippen LogP contribution >= 0.6 is 24.0 Å². The predicted octanol–water partition coefficient (Wildman–Crippen LogP) is 2.02. The van der Waals surface area contributed by atoms with Crippen LogP contribution in [0.2, 0.25) is 0 Å². The summed E-state index contributed by atoms with van der Waals surface area (Å²) in [6.07, 6.45) is 4.85. The molecule has 0 spiro atoms. The first-order chi connectivity index (χ1) is 10.4. The molecule has 23 heavy (non-hydrogen) atoms. The van der Waals surface area contributed by atoms with Crippen molar-refractivity contribution in [1.29, 1.82) is 0 Å². The molecule has 2 unspecified atom stereocenters. The Labute approximate surface area is 159 Å². The van der Waals surface area contributed by atoms with Gasteiger partial charge >= 0.3 is 0 Å². The van der Waals surface area contributed by atoms with Crippen LogP contribution in [0.15, 0.2) is 4.99 Å². The number of guanidine groups is 1. The van der Waals surface area contributed by atoms with Gasteiger partial charge in [0.15, 0.2) is 5.96 Å². The second kappa shape index (κ2) is 11.5. The molecule has 1 fully saturated rings. The van der Waals surface area contributed by atoms with Crippen molar-refractivity contribution in [3.05, 3.63) is 0 Å². The fourth-order valence-corrected chi connectivity index (χ4v) is 4.40. The monoisotopic (exact) mass is 460 g/mol. The van der Waals surface area contributed by atoms with Crippen molar-refractivity contribution in [2.24, 2.45) is 10.9 Å². The van der Waals surface area contributed by atoms with Crippen LogP contribution in [0.4, 0.5) is 0 Å². The van der Waals surface area contributed by atoms with Gasteiger partial charge in [0.2, 0.25) is 10.0 Å².